The van der Waals surface area contributed by atoms with Gasteiger partial charge in [-0.15, -0.1) is 0 Å². The molecule has 0 radical (unpaired) electrons. The van der Waals surface area contributed by atoms with Crippen LogP contribution in [0.3, 0.4) is 0 Å². The maximum Gasteiger partial charge on any atom is 0.408 e. The summed E-state index contributed by atoms with van der Waals surface area (Å²) >= 11 is 1.64. The fourth-order valence-electron chi connectivity index (χ4n) is 1.52. The largest absolute Gasteiger partial charge is 0.480 e. The average Bonchev–Trinajstić information content (AvgIpc) is 2.42. The van der Waals surface area contributed by atoms with E-state index in [2.05, 4.69) is 5.32 Å². The highest BCUT2D eigenvalue weighted by atomic mass is 32.2. The van der Waals surface area contributed by atoms with E-state index in [4.69, 9.17) is 19.3 Å². The lowest BCUT2D eigenvalue weighted by molar-refractivity contribution is -0.139. The normalized spacial score (nSPS) is 12.7. The lowest BCUT2D eigenvalue weighted by atomic mass is 10.2. The summed E-state index contributed by atoms with van der Waals surface area (Å²) in [6.07, 6.45) is 0.538. The average molecular weight is 351 g/mol. The van der Waals surface area contributed by atoms with Gasteiger partial charge in [0.2, 0.25) is 0 Å². The van der Waals surface area contributed by atoms with E-state index in [0.29, 0.717) is 32.0 Å². The van der Waals surface area contributed by atoms with Gasteiger partial charge in [0, 0.05) is 13.7 Å². The topological polar surface area (TPSA) is 94.1 Å². The highest BCUT2D eigenvalue weighted by Gasteiger charge is 2.23. The van der Waals surface area contributed by atoms with Gasteiger partial charge in [-0.05, 0) is 45.1 Å². The molecule has 0 aliphatic carbocycles. The van der Waals surface area contributed by atoms with E-state index in [1.807, 2.05) is 0 Å². The monoisotopic (exact) mass is 351 g/mol. The SMILES string of the molecule is COCCOCCCSCCC(NC(=O)OC(C)(C)C)C(=O)O. The fraction of sp³-hybridized carbons (Fsp3) is 0.867. The van der Waals surface area contributed by atoms with Gasteiger partial charge in [0.15, 0.2) is 0 Å². The van der Waals surface area contributed by atoms with Gasteiger partial charge in [-0.25, -0.2) is 9.59 Å². The molecule has 1 unspecified atom stereocenters. The van der Waals surface area contributed by atoms with Crippen molar-refractivity contribution < 1.29 is 28.9 Å². The molecule has 1 atom stereocenters. The molecule has 8 heteroatoms. The number of aliphatic carboxylic acids is 1. The van der Waals surface area contributed by atoms with Crippen LogP contribution in [-0.2, 0) is 19.0 Å². The zero-order valence-corrected chi connectivity index (χ0v) is 15.2. The van der Waals surface area contributed by atoms with E-state index in [9.17, 15) is 9.59 Å². The van der Waals surface area contributed by atoms with Gasteiger partial charge >= 0.3 is 12.1 Å². The molecule has 0 aromatic heterocycles. The van der Waals surface area contributed by atoms with E-state index >= 15 is 0 Å². The third-order valence-electron chi connectivity index (χ3n) is 2.55. The Bertz CT molecular complexity index is 345. The molecule has 0 saturated heterocycles. The minimum Gasteiger partial charge on any atom is -0.480 e. The second kappa shape index (κ2) is 12.4. The predicted octanol–water partition coefficient (Wildman–Crippen LogP) is 2.14. The van der Waals surface area contributed by atoms with Gasteiger partial charge in [0.05, 0.1) is 13.2 Å². The molecular weight excluding hydrogens is 322 g/mol. The Kier molecular flexibility index (Phi) is 11.9. The number of methoxy groups -OCH3 is 1. The van der Waals surface area contributed by atoms with Gasteiger partial charge in [-0.3, -0.25) is 0 Å². The Morgan fingerprint density at radius 1 is 1.17 bits per heavy atom. The maximum absolute atomic E-state index is 11.6. The van der Waals surface area contributed by atoms with E-state index in [-0.39, 0.29) is 0 Å². The van der Waals surface area contributed by atoms with Crippen molar-refractivity contribution in [3.63, 3.8) is 0 Å². The van der Waals surface area contributed by atoms with Gasteiger partial charge in [-0.1, -0.05) is 0 Å². The summed E-state index contributed by atoms with van der Waals surface area (Å²) in [4.78, 5) is 22.8. The molecule has 0 aromatic rings. The summed E-state index contributed by atoms with van der Waals surface area (Å²) < 4.78 is 15.3. The number of carbonyl (C=O) groups excluding carboxylic acids is 1. The molecule has 0 rings (SSSR count). The van der Waals surface area contributed by atoms with Crippen molar-refractivity contribution in [2.45, 2.75) is 45.3 Å². The summed E-state index contributed by atoms with van der Waals surface area (Å²) in [5, 5.41) is 11.5. The molecule has 23 heavy (non-hydrogen) atoms. The number of carboxylic acid groups (broad SMARTS) is 1. The summed E-state index contributed by atoms with van der Waals surface area (Å²) in [6, 6.07) is -0.935. The number of carboxylic acids is 1. The first kappa shape index (κ1) is 22.0. The van der Waals surface area contributed by atoms with Crippen LogP contribution in [0.25, 0.3) is 0 Å². The Morgan fingerprint density at radius 3 is 2.43 bits per heavy atom. The van der Waals surface area contributed by atoms with Crippen molar-refractivity contribution in [1.29, 1.82) is 0 Å². The van der Waals surface area contributed by atoms with E-state index in [0.717, 1.165) is 12.2 Å². The van der Waals surface area contributed by atoms with Crippen molar-refractivity contribution in [2.75, 3.05) is 38.4 Å². The third-order valence-corrected chi connectivity index (χ3v) is 3.65. The van der Waals surface area contributed by atoms with Crippen LogP contribution in [0.4, 0.5) is 4.79 Å². The smallest absolute Gasteiger partial charge is 0.408 e. The lowest BCUT2D eigenvalue weighted by Crippen LogP contribution is -2.43. The standard InChI is InChI=1S/C15H29NO6S/c1-15(2,3)22-14(19)16-12(13(17)18)6-11-23-10-5-7-21-9-8-20-4/h12H,5-11H2,1-4H3,(H,16,19)(H,17,18). The minimum absolute atomic E-state index is 0.351. The highest BCUT2D eigenvalue weighted by molar-refractivity contribution is 7.99. The zero-order chi connectivity index (χ0) is 17.7. The van der Waals surface area contributed by atoms with Crippen LogP contribution in [0.5, 0.6) is 0 Å². The van der Waals surface area contributed by atoms with Crippen molar-refractivity contribution >= 4 is 23.8 Å². The second-order valence-corrected chi connectivity index (χ2v) is 7.12. The number of hydrogen-bond acceptors (Lipinski definition) is 6. The molecule has 0 aromatic carbocycles. The van der Waals surface area contributed by atoms with Gasteiger partial charge in [0.25, 0.3) is 0 Å². The first-order chi connectivity index (χ1) is 10.8. The zero-order valence-electron chi connectivity index (χ0n) is 14.4. The summed E-state index contributed by atoms with van der Waals surface area (Å²) in [6.45, 7) is 7.02. The maximum atomic E-state index is 11.6. The van der Waals surface area contributed by atoms with Crippen molar-refractivity contribution in [1.82, 2.24) is 5.32 Å². The van der Waals surface area contributed by atoms with Gasteiger partial charge < -0.3 is 24.6 Å². The van der Waals surface area contributed by atoms with Crippen LogP contribution in [0.1, 0.15) is 33.6 Å². The van der Waals surface area contributed by atoms with Crippen LogP contribution in [0.15, 0.2) is 0 Å². The van der Waals surface area contributed by atoms with E-state index in [1.54, 1.807) is 39.6 Å². The molecule has 0 aliphatic rings. The van der Waals surface area contributed by atoms with Crippen molar-refractivity contribution in [2.24, 2.45) is 0 Å². The molecule has 2 N–H and O–H groups in total. The predicted molar refractivity (Wildman–Crippen MR) is 90.0 cm³/mol. The lowest BCUT2D eigenvalue weighted by Gasteiger charge is -2.21. The first-order valence-corrected chi connectivity index (χ1v) is 8.78. The Morgan fingerprint density at radius 2 is 1.87 bits per heavy atom. The van der Waals surface area contributed by atoms with Crippen molar-refractivity contribution in [3.8, 4) is 0 Å². The molecule has 0 spiro atoms. The molecule has 0 heterocycles. The Hall–Kier alpha value is -0.990. The van der Waals surface area contributed by atoms with Crippen LogP contribution < -0.4 is 5.32 Å². The molecule has 0 fully saturated rings. The van der Waals surface area contributed by atoms with Crippen molar-refractivity contribution in [3.05, 3.63) is 0 Å². The molecular formula is C15H29NO6S. The summed E-state index contributed by atoms with van der Waals surface area (Å²) in [5.74, 6) is 0.468. The first-order valence-electron chi connectivity index (χ1n) is 7.63. The quantitative estimate of drug-likeness (QED) is 0.520. The number of nitrogens with one attached hydrogen (secondary N) is 1. The Labute approximate surface area is 142 Å². The van der Waals surface area contributed by atoms with Crippen LogP contribution >= 0.6 is 11.8 Å². The van der Waals surface area contributed by atoms with Gasteiger partial charge in [-0.2, -0.15) is 11.8 Å². The molecule has 1 amide bonds. The van der Waals surface area contributed by atoms with Crippen LogP contribution in [-0.4, -0.2) is 67.2 Å². The second-order valence-electron chi connectivity index (χ2n) is 5.90. The van der Waals surface area contributed by atoms with E-state index in [1.165, 1.54) is 0 Å². The summed E-state index contributed by atoms with van der Waals surface area (Å²) in [7, 11) is 1.63. The van der Waals surface area contributed by atoms with Gasteiger partial charge in [0.1, 0.15) is 11.6 Å². The molecule has 0 saturated carbocycles. The highest BCUT2D eigenvalue weighted by Crippen LogP contribution is 2.10. The number of alkyl carbamates (subject to hydrolysis) is 1. The van der Waals surface area contributed by atoms with E-state index < -0.39 is 23.7 Å². The van der Waals surface area contributed by atoms with Crippen LogP contribution in [0.2, 0.25) is 0 Å². The molecule has 136 valence electrons. The number of hydrogen-bond donors (Lipinski definition) is 2. The molecule has 0 bridgehead atoms. The number of ether oxygens (including phenoxy) is 3. The Balaban J connectivity index is 3.81. The molecule has 0 aliphatic heterocycles. The van der Waals surface area contributed by atoms with Crippen LogP contribution in [0, 0.1) is 0 Å². The number of amides is 1. The summed E-state index contributed by atoms with van der Waals surface area (Å²) in [5.41, 5.74) is -0.648. The number of rotatable bonds is 12. The molecule has 7 nitrogen and oxygen atoms in total. The minimum atomic E-state index is -1.06. The third kappa shape index (κ3) is 14.3. The fourth-order valence-corrected chi connectivity index (χ4v) is 2.45. The number of thioether (sulfide) groups is 1. The number of carbonyl (C=O) groups is 2.